The van der Waals surface area contributed by atoms with E-state index in [-0.39, 0.29) is 24.3 Å². The van der Waals surface area contributed by atoms with Crippen LogP contribution in [0.3, 0.4) is 0 Å². The second-order valence-electron chi connectivity index (χ2n) is 6.83. The van der Waals surface area contributed by atoms with Crippen LogP contribution >= 0.6 is 0 Å². The molecule has 1 atom stereocenters. The van der Waals surface area contributed by atoms with Crippen LogP contribution in [0.1, 0.15) is 51.7 Å². The van der Waals surface area contributed by atoms with Gasteiger partial charge in [0.25, 0.3) is 5.91 Å². The van der Waals surface area contributed by atoms with Gasteiger partial charge in [-0.2, -0.15) is 5.10 Å². The summed E-state index contributed by atoms with van der Waals surface area (Å²) in [4.78, 5) is 12.5. The molecule has 3 aromatic rings. The Morgan fingerprint density at radius 3 is 2.74 bits per heavy atom. The molecule has 27 heavy (non-hydrogen) atoms. The van der Waals surface area contributed by atoms with E-state index in [1.54, 1.807) is 23.0 Å². The fraction of sp³-hybridized carbons (Fsp3) is 0.333. The maximum Gasteiger partial charge on any atom is 0.287 e. The number of amides is 1. The molecule has 0 aliphatic rings. The summed E-state index contributed by atoms with van der Waals surface area (Å²) in [7, 11) is 1.88. The third-order valence-electron chi connectivity index (χ3n) is 4.69. The van der Waals surface area contributed by atoms with Gasteiger partial charge in [-0.05, 0) is 57.0 Å². The Balaban J connectivity index is 1.62. The highest BCUT2D eigenvalue weighted by molar-refractivity contribution is 5.91. The molecule has 6 heteroatoms. The molecule has 0 bridgehead atoms. The van der Waals surface area contributed by atoms with E-state index < -0.39 is 0 Å². The number of furan rings is 1. The van der Waals surface area contributed by atoms with Gasteiger partial charge in [0, 0.05) is 18.3 Å². The van der Waals surface area contributed by atoms with Crippen LogP contribution in [0.2, 0.25) is 0 Å². The maximum absolute atomic E-state index is 12.5. The van der Waals surface area contributed by atoms with Crippen LogP contribution in [0.5, 0.6) is 5.75 Å². The van der Waals surface area contributed by atoms with E-state index in [1.165, 1.54) is 0 Å². The van der Waals surface area contributed by atoms with Crippen molar-refractivity contribution in [2.75, 3.05) is 0 Å². The van der Waals surface area contributed by atoms with Gasteiger partial charge in [-0.25, -0.2) is 0 Å². The summed E-state index contributed by atoms with van der Waals surface area (Å²) in [6, 6.07) is 9.32. The molecule has 1 unspecified atom stereocenters. The van der Waals surface area contributed by atoms with Crippen molar-refractivity contribution in [1.29, 1.82) is 0 Å². The van der Waals surface area contributed by atoms with Gasteiger partial charge >= 0.3 is 0 Å². The fourth-order valence-electron chi connectivity index (χ4n) is 2.88. The zero-order valence-corrected chi connectivity index (χ0v) is 16.4. The standard InChI is InChI=1S/C21H25N3O3/c1-13-6-7-14(2)20(10-13)26-12-17-8-9-19(27-17)21(25)23-15(3)18-11-22-24(5)16(18)4/h6-11,15H,12H2,1-5H3,(H,23,25). The van der Waals surface area contributed by atoms with E-state index >= 15 is 0 Å². The average molecular weight is 367 g/mol. The summed E-state index contributed by atoms with van der Waals surface area (Å²) in [6.45, 7) is 8.19. The van der Waals surface area contributed by atoms with Gasteiger partial charge in [0.15, 0.2) is 5.76 Å². The van der Waals surface area contributed by atoms with E-state index in [4.69, 9.17) is 9.15 Å². The second-order valence-corrected chi connectivity index (χ2v) is 6.83. The molecule has 1 amide bonds. The number of nitrogens with zero attached hydrogens (tertiary/aromatic N) is 2. The lowest BCUT2D eigenvalue weighted by atomic mass is 10.1. The molecule has 0 aliphatic heterocycles. The minimum atomic E-state index is -0.260. The zero-order chi connectivity index (χ0) is 19.6. The predicted octanol–water partition coefficient (Wildman–Crippen LogP) is 4.01. The van der Waals surface area contributed by atoms with Crippen molar-refractivity contribution < 1.29 is 13.9 Å². The van der Waals surface area contributed by atoms with Crippen molar-refractivity contribution >= 4 is 5.91 Å². The number of carbonyl (C=O) groups is 1. The number of hydrogen-bond acceptors (Lipinski definition) is 4. The van der Waals surface area contributed by atoms with Crippen LogP contribution in [-0.4, -0.2) is 15.7 Å². The first-order valence-corrected chi connectivity index (χ1v) is 8.93. The first-order valence-electron chi connectivity index (χ1n) is 8.93. The van der Waals surface area contributed by atoms with Crippen LogP contribution in [0.15, 0.2) is 40.9 Å². The molecule has 1 N–H and O–H groups in total. The first-order chi connectivity index (χ1) is 12.8. The quantitative estimate of drug-likeness (QED) is 0.715. The third kappa shape index (κ3) is 4.22. The molecular weight excluding hydrogens is 342 g/mol. The van der Waals surface area contributed by atoms with Gasteiger partial charge in [0.1, 0.15) is 18.1 Å². The normalized spacial score (nSPS) is 12.0. The Morgan fingerprint density at radius 1 is 1.26 bits per heavy atom. The van der Waals surface area contributed by atoms with Gasteiger partial charge in [-0.1, -0.05) is 12.1 Å². The highest BCUT2D eigenvalue weighted by Gasteiger charge is 2.18. The van der Waals surface area contributed by atoms with Gasteiger partial charge < -0.3 is 14.5 Å². The highest BCUT2D eigenvalue weighted by atomic mass is 16.5. The number of carbonyl (C=O) groups excluding carboxylic acids is 1. The number of aromatic nitrogens is 2. The summed E-state index contributed by atoms with van der Waals surface area (Å²) in [6.07, 6.45) is 1.77. The zero-order valence-electron chi connectivity index (χ0n) is 16.4. The summed E-state index contributed by atoms with van der Waals surface area (Å²) in [5.41, 5.74) is 4.20. The monoisotopic (exact) mass is 367 g/mol. The van der Waals surface area contributed by atoms with Gasteiger partial charge in [0.2, 0.25) is 0 Å². The summed E-state index contributed by atoms with van der Waals surface area (Å²) < 4.78 is 13.3. The Hall–Kier alpha value is -3.02. The molecule has 6 nitrogen and oxygen atoms in total. The average Bonchev–Trinajstić information content (AvgIpc) is 3.23. The molecule has 0 aliphatic carbocycles. The van der Waals surface area contributed by atoms with Crippen molar-refractivity contribution in [2.45, 2.75) is 40.3 Å². The molecular formula is C21H25N3O3. The number of hydrogen-bond donors (Lipinski definition) is 1. The van der Waals surface area contributed by atoms with E-state index in [0.29, 0.717) is 5.76 Å². The van der Waals surface area contributed by atoms with Crippen LogP contribution in [-0.2, 0) is 13.7 Å². The number of aryl methyl sites for hydroxylation is 3. The van der Waals surface area contributed by atoms with Crippen molar-refractivity contribution in [3.63, 3.8) is 0 Å². The molecule has 0 saturated heterocycles. The Labute approximate surface area is 159 Å². The Bertz CT molecular complexity index is 955. The van der Waals surface area contributed by atoms with Crippen molar-refractivity contribution in [2.24, 2.45) is 7.05 Å². The molecule has 0 spiro atoms. The first kappa shape index (κ1) is 18.8. The third-order valence-corrected chi connectivity index (χ3v) is 4.69. The molecule has 0 saturated carbocycles. The molecule has 0 fully saturated rings. The second kappa shape index (κ2) is 7.70. The summed E-state index contributed by atoms with van der Waals surface area (Å²) >= 11 is 0. The minimum Gasteiger partial charge on any atom is -0.485 e. The topological polar surface area (TPSA) is 69.3 Å². The SMILES string of the molecule is Cc1ccc(C)c(OCc2ccc(C(=O)NC(C)c3cnn(C)c3C)o2)c1. The Morgan fingerprint density at radius 2 is 2.04 bits per heavy atom. The lowest BCUT2D eigenvalue weighted by Gasteiger charge is -2.12. The van der Waals surface area contributed by atoms with Gasteiger partial charge in [-0.3, -0.25) is 9.48 Å². The van der Waals surface area contributed by atoms with Crippen LogP contribution in [0.25, 0.3) is 0 Å². The predicted molar refractivity (Wildman–Crippen MR) is 103 cm³/mol. The van der Waals surface area contributed by atoms with Crippen molar-refractivity contribution in [3.05, 3.63) is 70.4 Å². The minimum absolute atomic E-state index is 0.161. The molecule has 0 radical (unpaired) electrons. The molecule has 2 aromatic heterocycles. The van der Waals surface area contributed by atoms with E-state index in [2.05, 4.69) is 10.4 Å². The number of rotatable bonds is 6. The molecule has 142 valence electrons. The number of ether oxygens (including phenoxy) is 1. The van der Waals surface area contributed by atoms with Crippen molar-refractivity contribution in [1.82, 2.24) is 15.1 Å². The van der Waals surface area contributed by atoms with Gasteiger partial charge in [0.05, 0.1) is 12.2 Å². The van der Waals surface area contributed by atoms with Crippen LogP contribution in [0.4, 0.5) is 0 Å². The lowest BCUT2D eigenvalue weighted by Crippen LogP contribution is -2.26. The highest BCUT2D eigenvalue weighted by Crippen LogP contribution is 2.21. The van der Waals surface area contributed by atoms with E-state index in [0.717, 1.165) is 28.1 Å². The fourth-order valence-corrected chi connectivity index (χ4v) is 2.88. The molecule has 1 aromatic carbocycles. The van der Waals surface area contributed by atoms with E-state index in [1.807, 2.05) is 52.9 Å². The van der Waals surface area contributed by atoms with Crippen molar-refractivity contribution in [3.8, 4) is 5.75 Å². The maximum atomic E-state index is 12.5. The van der Waals surface area contributed by atoms with Crippen LogP contribution in [0, 0.1) is 20.8 Å². The van der Waals surface area contributed by atoms with Crippen LogP contribution < -0.4 is 10.1 Å². The largest absolute Gasteiger partial charge is 0.485 e. The summed E-state index contributed by atoms with van der Waals surface area (Å²) in [5, 5.41) is 7.16. The number of nitrogens with one attached hydrogen (secondary N) is 1. The smallest absolute Gasteiger partial charge is 0.287 e. The molecule has 2 heterocycles. The Kier molecular flexibility index (Phi) is 5.35. The lowest BCUT2D eigenvalue weighted by molar-refractivity contribution is 0.0907. The number of benzene rings is 1. The summed E-state index contributed by atoms with van der Waals surface area (Å²) in [5.74, 6) is 1.43. The van der Waals surface area contributed by atoms with E-state index in [9.17, 15) is 4.79 Å². The van der Waals surface area contributed by atoms with Gasteiger partial charge in [-0.15, -0.1) is 0 Å². The molecule has 3 rings (SSSR count).